The predicted molar refractivity (Wildman–Crippen MR) is 151 cm³/mol. The highest BCUT2D eigenvalue weighted by Gasteiger charge is 2.43. The van der Waals surface area contributed by atoms with Crippen LogP contribution >= 0.6 is 0 Å². The number of hydrogen-bond donors (Lipinski definition) is 2. The summed E-state index contributed by atoms with van der Waals surface area (Å²) in [5.41, 5.74) is 5.28. The molecule has 0 unspecified atom stereocenters. The molecule has 0 spiro atoms. The summed E-state index contributed by atoms with van der Waals surface area (Å²) in [6.07, 6.45) is 0. The van der Waals surface area contributed by atoms with Gasteiger partial charge in [0.1, 0.15) is 0 Å². The van der Waals surface area contributed by atoms with Gasteiger partial charge in [-0.15, -0.1) is 0 Å². The number of nitrogens with one attached hydrogen (secondary N) is 2. The first-order valence-corrected chi connectivity index (χ1v) is 13.3. The molecular formula is C34H26N2O4-2. The molecule has 0 atom stereocenters. The van der Waals surface area contributed by atoms with E-state index in [4.69, 9.17) is 0 Å². The van der Waals surface area contributed by atoms with Crippen LogP contribution < -0.4 is 20.8 Å². The maximum absolute atomic E-state index is 13.4. The Hall–Kier alpha value is -4.84. The molecule has 4 aliphatic rings. The van der Waals surface area contributed by atoms with Crippen LogP contribution in [0.25, 0.3) is 11.1 Å². The second-order valence-corrected chi connectivity index (χ2v) is 11.7. The van der Waals surface area contributed by atoms with E-state index in [2.05, 4.69) is 10.6 Å². The van der Waals surface area contributed by atoms with E-state index in [1.807, 2.05) is 76.2 Å². The van der Waals surface area contributed by atoms with Crippen LogP contribution in [0.1, 0.15) is 49.9 Å². The predicted octanol–water partition coefficient (Wildman–Crippen LogP) is 4.31. The Bertz CT molecular complexity index is 1720. The molecule has 2 aliphatic carbocycles. The van der Waals surface area contributed by atoms with Gasteiger partial charge in [0, 0.05) is 55.9 Å². The van der Waals surface area contributed by atoms with Gasteiger partial charge >= 0.3 is 0 Å². The van der Waals surface area contributed by atoms with Gasteiger partial charge in [0.15, 0.2) is 11.6 Å². The lowest BCUT2D eigenvalue weighted by molar-refractivity contribution is -0.298. The number of ketones is 2. The summed E-state index contributed by atoms with van der Waals surface area (Å²) in [4.78, 5) is 26.8. The maximum atomic E-state index is 13.4. The number of carbonyl (C=O) groups is 2. The topological polar surface area (TPSA) is 104 Å². The Balaban J connectivity index is 1.26. The minimum absolute atomic E-state index is 0.0744. The van der Waals surface area contributed by atoms with Crippen molar-refractivity contribution < 1.29 is 19.8 Å². The molecule has 7 rings (SSSR count). The molecule has 2 N–H and O–H groups in total. The fourth-order valence-electron chi connectivity index (χ4n) is 6.47. The standard InChI is InChI=1S/C34H28N2O4/c1-33(2)19-12-5-7-14-21(19)35-31(33)25-27(37)23(28(25)38)17-10-9-11-18(16-17)24-29(39)26(30(24)40)32-34(3,4)20-13-6-8-15-22(20)36-32/h5-16,35-37,39H,1-4H3/p-2. The number of Topliss-reactive ketones (excluding diaryl/α,β-unsaturated/α-hetero) is 2. The highest BCUT2D eigenvalue weighted by Crippen LogP contribution is 2.50. The van der Waals surface area contributed by atoms with Gasteiger partial charge in [0.2, 0.25) is 0 Å². The van der Waals surface area contributed by atoms with Crippen molar-refractivity contribution in [2.75, 3.05) is 10.6 Å². The van der Waals surface area contributed by atoms with E-state index in [-0.39, 0.29) is 45.4 Å². The third kappa shape index (κ3) is 2.99. The second-order valence-electron chi connectivity index (χ2n) is 11.7. The third-order valence-electron chi connectivity index (χ3n) is 8.73. The lowest BCUT2D eigenvalue weighted by Gasteiger charge is -2.36. The molecular weight excluding hydrogens is 500 g/mol. The summed E-state index contributed by atoms with van der Waals surface area (Å²) >= 11 is 0. The van der Waals surface area contributed by atoms with Crippen molar-refractivity contribution >= 4 is 34.1 Å². The van der Waals surface area contributed by atoms with Gasteiger partial charge in [-0.25, -0.2) is 0 Å². The van der Waals surface area contributed by atoms with Gasteiger partial charge in [-0.2, -0.15) is 0 Å². The zero-order valence-corrected chi connectivity index (χ0v) is 22.6. The minimum Gasteiger partial charge on any atom is -0.871 e. The summed E-state index contributed by atoms with van der Waals surface area (Å²) in [6.45, 7) is 7.96. The lowest BCUT2D eigenvalue weighted by Crippen LogP contribution is -2.35. The third-order valence-corrected chi connectivity index (χ3v) is 8.73. The largest absolute Gasteiger partial charge is 0.871 e. The van der Waals surface area contributed by atoms with Crippen LogP contribution in [0.2, 0.25) is 0 Å². The van der Waals surface area contributed by atoms with Crippen molar-refractivity contribution in [3.05, 3.63) is 129 Å². The molecule has 0 aromatic heterocycles. The van der Waals surface area contributed by atoms with Gasteiger partial charge in [-0.3, -0.25) is 9.59 Å². The van der Waals surface area contributed by atoms with Crippen LogP contribution in [-0.2, 0) is 20.4 Å². The fourth-order valence-corrected chi connectivity index (χ4v) is 6.47. The zero-order valence-electron chi connectivity index (χ0n) is 22.6. The van der Waals surface area contributed by atoms with E-state index in [1.165, 1.54) is 0 Å². The van der Waals surface area contributed by atoms with Gasteiger partial charge in [-0.1, -0.05) is 93.8 Å². The molecule has 198 valence electrons. The molecule has 40 heavy (non-hydrogen) atoms. The normalized spacial score (nSPS) is 23.8. The molecule has 6 heteroatoms. The Morgan fingerprint density at radius 1 is 0.550 bits per heavy atom. The minimum atomic E-state index is -0.517. The number of anilines is 2. The van der Waals surface area contributed by atoms with Crippen molar-refractivity contribution in [2.45, 2.75) is 38.5 Å². The van der Waals surface area contributed by atoms with Crippen molar-refractivity contribution in [2.24, 2.45) is 0 Å². The molecule has 3 aromatic rings. The van der Waals surface area contributed by atoms with Crippen LogP contribution in [0, 0.1) is 0 Å². The lowest BCUT2D eigenvalue weighted by atomic mass is 9.74. The Kier molecular flexibility index (Phi) is 4.75. The number of para-hydroxylation sites is 2. The fraction of sp³-hybridized carbons (Fsp3) is 0.176. The SMILES string of the molecule is CC1(C)C(=C2C(=O)C(c3cccc(C4=C([O-])C(=C5Nc6ccccc6C5(C)C)C4=O)c3)=C2[O-])Nc2ccccc21. The van der Waals surface area contributed by atoms with Crippen LogP contribution in [-0.4, -0.2) is 11.6 Å². The molecule has 0 saturated carbocycles. The molecule has 2 heterocycles. The number of rotatable bonds is 2. The molecule has 0 bridgehead atoms. The van der Waals surface area contributed by atoms with Crippen molar-refractivity contribution in [1.82, 2.24) is 0 Å². The Morgan fingerprint density at radius 3 is 1.32 bits per heavy atom. The van der Waals surface area contributed by atoms with Crippen LogP contribution in [0.5, 0.6) is 0 Å². The Labute approximate surface area is 232 Å². The van der Waals surface area contributed by atoms with E-state index in [9.17, 15) is 19.8 Å². The van der Waals surface area contributed by atoms with Crippen molar-refractivity contribution in [3.8, 4) is 0 Å². The number of carbonyl (C=O) groups excluding carboxylic acids is 2. The highest BCUT2D eigenvalue weighted by atomic mass is 16.3. The summed E-state index contributed by atoms with van der Waals surface area (Å²) in [7, 11) is 0. The molecule has 0 amide bonds. The van der Waals surface area contributed by atoms with E-state index >= 15 is 0 Å². The van der Waals surface area contributed by atoms with E-state index in [0.717, 1.165) is 22.5 Å². The number of benzene rings is 3. The van der Waals surface area contributed by atoms with Crippen LogP contribution in [0.3, 0.4) is 0 Å². The molecule has 0 radical (unpaired) electrons. The number of allylic oxidation sites excluding steroid dienone is 6. The van der Waals surface area contributed by atoms with Crippen LogP contribution in [0.15, 0.2) is 107 Å². The number of fused-ring (bicyclic) bond motifs is 2. The van der Waals surface area contributed by atoms with E-state index < -0.39 is 10.8 Å². The molecule has 6 nitrogen and oxygen atoms in total. The summed E-state index contributed by atoms with van der Waals surface area (Å²) < 4.78 is 0. The average Bonchev–Trinajstić information content (AvgIpc) is 3.33. The van der Waals surface area contributed by atoms with Crippen LogP contribution in [0.4, 0.5) is 11.4 Å². The Morgan fingerprint density at radius 2 is 0.950 bits per heavy atom. The maximum Gasteiger partial charge on any atom is 0.194 e. The highest BCUT2D eigenvalue weighted by molar-refractivity contribution is 6.41. The zero-order chi connectivity index (χ0) is 28.1. The second kappa shape index (κ2) is 7.85. The molecule has 0 fully saturated rings. The first-order valence-electron chi connectivity index (χ1n) is 13.3. The van der Waals surface area contributed by atoms with Crippen molar-refractivity contribution in [3.63, 3.8) is 0 Å². The smallest absolute Gasteiger partial charge is 0.194 e. The summed E-state index contributed by atoms with van der Waals surface area (Å²) in [5.74, 6) is -1.34. The molecule has 0 saturated heterocycles. The summed E-state index contributed by atoms with van der Waals surface area (Å²) in [5, 5.41) is 33.3. The van der Waals surface area contributed by atoms with Gasteiger partial charge < -0.3 is 20.8 Å². The van der Waals surface area contributed by atoms with Gasteiger partial charge in [-0.05, 0) is 40.5 Å². The average molecular weight is 527 g/mol. The summed E-state index contributed by atoms with van der Waals surface area (Å²) in [6, 6.07) is 22.2. The first kappa shape index (κ1) is 24.2. The first-order chi connectivity index (χ1) is 19.0. The number of hydrogen-bond acceptors (Lipinski definition) is 6. The van der Waals surface area contributed by atoms with Gasteiger partial charge in [0.25, 0.3) is 0 Å². The van der Waals surface area contributed by atoms with Crippen molar-refractivity contribution in [1.29, 1.82) is 0 Å². The molecule has 2 aliphatic heterocycles. The quantitative estimate of drug-likeness (QED) is 0.483. The monoisotopic (exact) mass is 526 g/mol. The molecule has 3 aromatic carbocycles. The van der Waals surface area contributed by atoms with E-state index in [0.29, 0.717) is 22.5 Å². The van der Waals surface area contributed by atoms with Gasteiger partial charge in [0.05, 0.1) is 0 Å². The van der Waals surface area contributed by atoms with E-state index in [1.54, 1.807) is 24.3 Å².